The molecule has 1 saturated heterocycles. The van der Waals surface area contributed by atoms with E-state index in [9.17, 15) is 22.8 Å². The van der Waals surface area contributed by atoms with E-state index in [0.29, 0.717) is 42.6 Å². The quantitative estimate of drug-likeness (QED) is 0.551. The molecule has 3 amide bonds. The van der Waals surface area contributed by atoms with Crippen molar-refractivity contribution < 1.29 is 27.5 Å². The van der Waals surface area contributed by atoms with Gasteiger partial charge < -0.3 is 20.7 Å². The fourth-order valence-electron chi connectivity index (χ4n) is 3.09. The first-order valence-electron chi connectivity index (χ1n) is 9.80. The van der Waals surface area contributed by atoms with Crippen molar-refractivity contribution >= 4 is 50.5 Å². The van der Waals surface area contributed by atoms with Crippen LogP contribution >= 0.6 is 11.3 Å². The summed E-state index contributed by atoms with van der Waals surface area (Å²) in [5.41, 5.74) is 0.963. The van der Waals surface area contributed by atoms with Gasteiger partial charge in [-0.3, -0.25) is 14.4 Å². The predicted molar refractivity (Wildman–Crippen MR) is 120 cm³/mol. The van der Waals surface area contributed by atoms with Gasteiger partial charge in [-0.25, -0.2) is 8.42 Å². The molecule has 0 radical (unpaired) electrons. The van der Waals surface area contributed by atoms with E-state index in [0.717, 1.165) is 11.3 Å². The SMILES string of the molecule is CC(=O)Nc1cc(NC(C)=O)cc(C(=O)NCc2ccc(S(=O)(=O)N3CCOCC3)s2)c1. The number of amides is 3. The van der Waals surface area contributed by atoms with E-state index >= 15 is 0 Å². The molecule has 32 heavy (non-hydrogen) atoms. The Bertz CT molecular complexity index is 1090. The van der Waals surface area contributed by atoms with Gasteiger partial charge in [-0.05, 0) is 30.3 Å². The molecule has 2 aromatic rings. The average molecular weight is 481 g/mol. The average Bonchev–Trinajstić information content (AvgIpc) is 3.21. The van der Waals surface area contributed by atoms with Crippen molar-refractivity contribution in [2.45, 2.75) is 24.6 Å². The fourth-order valence-corrected chi connectivity index (χ4v) is 5.94. The van der Waals surface area contributed by atoms with Crippen LogP contribution < -0.4 is 16.0 Å². The third-order valence-corrected chi connectivity index (χ3v) is 7.91. The summed E-state index contributed by atoms with van der Waals surface area (Å²) in [7, 11) is -3.59. The molecule has 0 bridgehead atoms. The van der Waals surface area contributed by atoms with E-state index in [-0.39, 0.29) is 28.1 Å². The highest BCUT2D eigenvalue weighted by Gasteiger charge is 2.27. The monoisotopic (exact) mass is 480 g/mol. The fraction of sp³-hybridized carbons (Fsp3) is 0.350. The van der Waals surface area contributed by atoms with Crippen LogP contribution in [-0.2, 0) is 30.9 Å². The van der Waals surface area contributed by atoms with Crippen molar-refractivity contribution in [3.05, 3.63) is 40.8 Å². The Kier molecular flexibility index (Phi) is 7.61. The summed E-state index contributed by atoms with van der Waals surface area (Å²) >= 11 is 1.09. The number of carbonyl (C=O) groups excluding carboxylic acids is 3. The Hall–Kier alpha value is -2.80. The second-order valence-electron chi connectivity index (χ2n) is 7.08. The molecule has 3 N–H and O–H groups in total. The summed E-state index contributed by atoms with van der Waals surface area (Å²) in [4.78, 5) is 36.1. The van der Waals surface area contributed by atoms with Crippen LogP contribution in [0.3, 0.4) is 0 Å². The number of rotatable bonds is 7. The summed E-state index contributed by atoms with van der Waals surface area (Å²) in [6.45, 7) is 4.16. The number of hydrogen-bond acceptors (Lipinski definition) is 7. The maximum absolute atomic E-state index is 12.7. The first-order chi connectivity index (χ1) is 15.1. The largest absolute Gasteiger partial charge is 0.379 e. The summed E-state index contributed by atoms with van der Waals surface area (Å²) in [5.74, 6) is -1.07. The molecule has 0 spiro atoms. The van der Waals surface area contributed by atoms with Crippen LogP contribution in [0.1, 0.15) is 29.1 Å². The molecule has 0 unspecified atom stereocenters. The normalized spacial score (nSPS) is 14.6. The predicted octanol–water partition coefficient (Wildman–Crippen LogP) is 1.62. The van der Waals surface area contributed by atoms with Crippen LogP contribution in [-0.4, -0.2) is 56.7 Å². The van der Waals surface area contributed by atoms with Crippen LogP contribution in [0.25, 0.3) is 0 Å². The molecule has 12 heteroatoms. The zero-order chi connectivity index (χ0) is 23.3. The number of nitrogens with zero attached hydrogens (tertiary/aromatic N) is 1. The molecule has 1 aromatic heterocycles. The van der Waals surface area contributed by atoms with Gasteiger partial charge in [0, 0.05) is 48.8 Å². The zero-order valence-corrected chi connectivity index (χ0v) is 19.3. The highest BCUT2D eigenvalue weighted by Crippen LogP contribution is 2.26. The van der Waals surface area contributed by atoms with Crippen molar-refractivity contribution in [2.75, 3.05) is 36.9 Å². The number of anilines is 2. The van der Waals surface area contributed by atoms with E-state index in [1.165, 1.54) is 36.4 Å². The Balaban J connectivity index is 1.70. The number of hydrogen-bond donors (Lipinski definition) is 3. The van der Waals surface area contributed by atoms with Gasteiger partial charge in [-0.1, -0.05) is 0 Å². The molecule has 3 rings (SSSR count). The molecular formula is C20H24N4O6S2. The van der Waals surface area contributed by atoms with Gasteiger partial charge in [-0.2, -0.15) is 4.31 Å². The van der Waals surface area contributed by atoms with Crippen molar-refractivity contribution in [3.8, 4) is 0 Å². The molecule has 0 aliphatic carbocycles. The van der Waals surface area contributed by atoms with Crippen molar-refractivity contribution in [1.82, 2.24) is 9.62 Å². The molecule has 1 aliphatic heterocycles. The van der Waals surface area contributed by atoms with Crippen LogP contribution in [0.15, 0.2) is 34.5 Å². The number of sulfonamides is 1. The summed E-state index contributed by atoms with van der Waals surface area (Å²) in [6, 6.07) is 7.72. The van der Waals surface area contributed by atoms with Gasteiger partial charge in [0.2, 0.25) is 11.8 Å². The highest BCUT2D eigenvalue weighted by atomic mass is 32.2. The lowest BCUT2D eigenvalue weighted by Gasteiger charge is -2.25. The molecule has 10 nitrogen and oxygen atoms in total. The first-order valence-corrected chi connectivity index (χ1v) is 12.1. The smallest absolute Gasteiger partial charge is 0.252 e. The molecule has 0 atom stereocenters. The number of morpholine rings is 1. The maximum Gasteiger partial charge on any atom is 0.252 e. The lowest BCUT2D eigenvalue weighted by molar-refractivity contribution is -0.115. The van der Waals surface area contributed by atoms with E-state index in [4.69, 9.17) is 4.74 Å². The standard InChI is InChI=1S/C20H24N4O6S2/c1-13(25)22-16-9-15(10-17(11-16)23-14(2)26)20(27)21-12-18-3-4-19(31-18)32(28,29)24-5-7-30-8-6-24/h3-4,9-11H,5-8,12H2,1-2H3,(H,21,27)(H,22,25)(H,23,26). The molecule has 172 valence electrons. The third-order valence-electron chi connectivity index (χ3n) is 4.46. The Morgan fingerprint density at radius 3 is 2.16 bits per heavy atom. The van der Waals surface area contributed by atoms with Crippen molar-refractivity contribution in [2.24, 2.45) is 0 Å². The van der Waals surface area contributed by atoms with E-state index in [2.05, 4.69) is 16.0 Å². The minimum atomic E-state index is -3.59. The minimum absolute atomic E-state index is 0.127. The topological polar surface area (TPSA) is 134 Å². The van der Waals surface area contributed by atoms with Crippen molar-refractivity contribution in [3.63, 3.8) is 0 Å². The number of carbonyl (C=O) groups is 3. The third kappa shape index (κ3) is 6.13. The van der Waals surface area contributed by atoms with Gasteiger partial charge in [0.05, 0.1) is 19.8 Å². The van der Waals surface area contributed by atoms with Crippen LogP contribution in [0.2, 0.25) is 0 Å². The number of nitrogens with one attached hydrogen (secondary N) is 3. The Morgan fingerprint density at radius 1 is 1.00 bits per heavy atom. The highest BCUT2D eigenvalue weighted by molar-refractivity contribution is 7.91. The Morgan fingerprint density at radius 2 is 1.59 bits per heavy atom. The molecule has 1 fully saturated rings. The van der Waals surface area contributed by atoms with E-state index in [1.807, 2.05) is 0 Å². The van der Waals surface area contributed by atoms with Crippen molar-refractivity contribution in [1.29, 1.82) is 0 Å². The molecule has 2 heterocycles. The lowest BCUT2D eigenvalue weighted by Crippen LogP contribution is -2.40. The summed E-state index contributed by atoms with van der Waals surface area (Å²) < 4.78 is 32.3. The maximum atomic E-state index is 12.7. The van der Waals surface area contributed by atoms with Gasteiger partial charge in [0.25, 0.3) is 15.9 Å². The van der Waals surface area contributed by atoms with Gasteiger partial charge >= 0.3 is 0 Å². The lowest BCUT2D eigenvalue weighted by atomic mass is 10.1. The van der Waals surface area contributed by atoms with Crippen LogP contribution in [0.5, 0.6) is 0 Å². The minimum Gasteiger partial charge on any atom is -0.379 e. The molecular weight excluding hydrogens is 456 g/mol. The number of thiophene rings is 1. The second-order valence-corrected chi connectivity index (χ2v) is 10.4. The van der Waals surface area contributed by atoms with Gasteiger partial charge in [-0.15, -0.1) is 11.3 Å². The number of benzene rings is 1. The van der Waals surface area contributed by atoms with E-state index < -0.39 is 15.9 Å². The summed E-state index contributed by atoms with van der Waals surface area (Å²) in [6.07, 6.45) is 0. The molecule has 1 aromatic carbocycles. The molecule has 1 aliphatic rings. The zero-order valence-electron chi connectivity index (χ0n) is 17.6. The van der Waals surface area contributed by atoms with Gasteiger partial charge in [0.15, 0.2) is 0 Å². The second kappa shape index (κ2) is 10.2. The van der Waals surface area contributed by atoms with Crippen LogP contribution in [0.4, 0.5) is 11.4 Å². The first kappa shape index (κ1) is 23.9. The van der Waals surface area contributed by atoms with E-state index in [1.54, 1.807) is 12.1 Å². The molecule has 0 saturated carbocycles. The number of ether oxygens (including phenoxy) is 1. The van der Waals surface area contributed by atoms with Crippen LogP contribution in [0, 0.1) is 0 Å². The summed E-state index contributed by atoms with van der Waals surface area (Å²) in [5, 5.41) is 7.92. The van der Waals surface area contributed by atoms with Gasteiger partial charge in [0.1, 0.15) is 4.21 Å². The Labute approximate surface area is 190 Å².